The van der Waals surface area contributed by atoms with Crippen LogP contribution in [0.1, 0.15) is 44.4 Å². The van der Waals surface area contributed by atoms with Gasteiger partial charge in [-0.3, -0.25) is 0 Å². The third-order valence-electron chi connectivity index (χ3n) is 5.00. The summed E-state index contributed by atoms with van der Waals surface area (Å²) >= 11 is 0. The average molecular weight is 405 g/mol. The molecule has 2 N–H and O–H groups in total. The Morgan fingerprint density at radius 3 is 2.90 bits per heavy atom. The zero-order chi connectivity index (χ0) is 21.0. The molecule has 2 aromatic heterocycles. The predicted molar refractivity (Wildman–Crippen MR) is 118 cm³/mol. The van der Waals surface area contributed by atoms with Crippen LogP contribution in [0.5, 0.6) is 5.75 Å². The van der Waals surface area contributed by atoms with Crippen LogP contribution < -0.4 is 15.4 Å². The van der Waals surface area contributed by atoms with Crippen molar-refractivity contribution in [3.63, 3.8) is 0 Å². The molecule has 1 atom stereocenters. The van der Waals surface area contributed by atoms with E-state index in [1.807, 2.05) is 42.6 Å². The van der Waals surface area contributed by atoms with E-state index >= 15 is 0 Å². The molecule has 3 heterocycles. The molecule has 3 aromatic rings. The van der Waals surface area contributed by atoms with Crippen LogP contribution >= 0.6 is 0 Å². The van der Waals surface area contributed by atoms with Crippen LogP contribution in [-0.4, -0.2) is 32.9 Å². The first-order valence-electron chi connectivity index (χ1n) is 10.3. The molecule has 0 spiro atoms. The molecule has 0 saturated heterocycles. The van der Waals surface area contributed by atoms with Crippen molar-refractivity contribution in [1.29, 1.82) is 0 Å². The van der Waals surface area contributed by atoms with Crippen LogP contribution in [-0.2, 0) is 6.54 Å². The zero-order valence-corrected chi connectivity index (χ0v) is 17.7. The summed E-state index contributed by atoms with van der Waals surface area (Å²) in [6, 6.07) is 14.2. The molecule has 0 aliphatic carbocycles. The Balaban J connectivity index is 1.53. The Kier molecular flexibility index (Phi) is 5.70. The van der Waals surface area contributed by atoms with Crippen molar-refractivity contribution < 1.29 is 4.74 Å². The number of aromatic nitrogens is 3. The first-order valence-corrected chi connectivity index (χ1v) is 10.3. The largest absolute Gasteiger partial charge is 0.487 e. The first-order chi connectivity index (χ1) is 14.5. The summed E-state index contributed by atoms with van der Waals surface area (Å²) in [4.78, 5) is 9.20. The Morgan fingerprint density at radius 1 is 1.23 bits per heavy atom. The molecule has 1 aromatic carbocycles. The number of benzene rings is 1. The lowest BCUT2D eigenvalue weighted by molar-refractivity contribution is 0.0694. The number of ether oxygens (including phenoxy) is 1. The maximum Gasteiger partial charge on any atom is 0.192 e. The van der Waals surface area contributed by atoms with E-state index in [0.29, 0.717) is 6.54 Å². The van der Waals surface area contributed by atoms with Crippen LogP contribution in [0.4, 0.5) is 0 Å². The summed E-state index contributed by atoms with van der Waals surface area (Å²) in [6.45, 7) is 7.64. The number of nitrogens with zero attached hydrogens (tertiary/aromatic N) is 4. The van der Waals surface area contributed by atoms with Gasteiger partial charge in [-0.2, -0.15) is 5.10 Å². The van der Waals surface area contributed by atoms with E-state index in [-0.39, 0.29) is 11.6 Å². The van der Waals surface area contributed by atoms with Gasteiger partial charge in [0.05, 0.1) is 12.6 Å². The monoisotopic (exact) mass is 404 g/mol. The van der Waals surface area contributed by atoms with Crippen molar-refractivity contribution >= 4 is 5.96 Å². The minimum absolute atomic E-state index is 0.125. The molecule has 30 heavy (non-hydrogen) atoms. The van der Waals surface area contributed by atoms with Crippen molar-refractivity contribution in [2.75, 3.05) is 6.54 Å². The Hall–Kier alpha value is -3.35. The molecule has 1 aliphatic rings. The summed E-state index contributed by atoms with van der Waals surface area (Å²) in [5.74, 6) is 2.50. The lowest BCUT2D eigenvalue weighted by Crippen LogP contribution is -2.45. The van der Waals surface area contributed by atoms with Gasteiger partial charge in [0.15, 0.2) is 11.8 Å². The van der Waals surface area contributed by atoms with Crippen LogP contribution in [0.3, 0.4) is 0 Å². The van der Waals surface area contributed by atoms with Gasteiger partial charge >= 0.3 is 0 Å². The fraction of sp³-hybridized carbons (Fsp3) is 0.348. The summed E-state index contributed by atoms with van der Waals surface area (Å²) < 4.78 is 7.90. The molecular weight excluding hydrogens is 376 g/mol. The van der Waals surface area contributed by atoms with Gasteiger partial charge in [-0.05, 0) is 50.6 Å². The van der Waals surface area contributed by atoms with Gasteiger partial charge in [-0.15, -0.1) is 0 Å². The van der Waals surface area contributed by atoms with Gasteiger partial charge < -0.3 is 15.4 Å². The minimum Gasteiger partial charge on any atom is -0.487 e. The summed E-state index contributed by atoms with van der Waals surface area (Å²) in [7, 11) is 0. The van der Waals surface area contributed by atoms with E-state index < -0.39 is 0 Å². The summed E-state index contributed by atoms with van der Waals surface area (Å²) in [6.07, 6.45) is 6.27. The smallest absolute Gasteiger partial charge is 0.192 e. The predicted octanol–water partition coefficient (Wildman–Crippen LogP) is 3.62. The molecule has 0 saturated carbocycles. The number of guanidine groups is 1. The van der Waals surface area contributed by atoms with E-state index in [2.05, 4.69) is 47.6 Å². The Labute approximate surface area is 177 Å². The molecule has 0 fully saturated rings. The number of fused-ring (bicyclic) bond motifs is 1. The summed E-state index contributed by atoms with van der Waals surface area (Å²) in [5.41, 5.74) is 1.99. The fourth-order valence-electron chi connectivity index (χ4n) is 3.67. The van der Waals surface area contributed by atoms with Crippen molar-refractivity contribution in [1.82, 2.24) is 25.4 Å². The fourth-order valence-corrected chi connectivity index (χ4v) is 3.67. The molecular formula is C23H28N6O. The quantitative estimate of drug-likeness (QED) is 0.502. The highest BCUT2D eigenvalue weighted by Gasteiger charge is 2.33. The van der Waals surface area contributed by atoms with Gasteiger partial charge in [-0.1, -0.05) is 18.2 Å². The Bertz CT molecular complexity index is 1010. The number of hydrogen-bond acceptors (Lipinski definition) is 4. The SMILES string of the molecule is CCNC(=NCc1ccnc(-n2cccn2)c1)NC1CC(C)(C)Oc2ccccc21. The standard InChI is InChI=1S/C23H28N6O/c1-4-24-22(26-16-17-10-12-25-21(14-17)29-13-7-11-27-29)28-19-15-23(2,3)30-20-9-6-5-8-18(19)20/h5-14,19H,4,15-16H2,1-3H3,(H2,24,26,28). The molecule has 0 radical (unpaired) electrons. The molecule has 1 aliphatic heterocycles. The highest BCUT2D eigenvalue weighted by molar-refractivity contribution is 5.80. The van der Waals surface area contributed by atoms with Crippen LogP contribution in [0.2, 0.25) is 0 Å². The minimum atomic E-state index is -0.243. The lowest BCUT2D eigenvalue weighted by Gasteiger charge is -2.38. The number of rotatable bonds is 5. The van der Waals surface area contributed by atoms with Crippen molar-refractivity contribution in [2.45, 2.75) is 45.4 Å². The highest BCUT2D eigenvalue weighted by Crippen LogP contribution is 2.39. The molecule has 0 bridgehead atoms. The van der Waals surface area contributed by atoms with E-state index in [1.54, 1.807) is 17.1 Å². The van der Waals surface area contributed by atoms with E-state index in [1.165, 1.54) is 0 Å². The second kappa shape index (κ2) is 8.57. The highest BCUT2D eigenvalue weighted by atomic mass is 16.5. The second-order valence-corrected chi connectivity index (χ2v) is 7.97. The second-order valence-electron chi connectivity index (χ2n) is 7.97. The van der Waals surface area contributed by atoms with Gasteiger partial charge in [0.25, 0.3) is 0 Å². The average Bonchev–Trinajstić information content (AvgIpc) is 3.26. The van der Waals surface area contributed by atoms with Crippen LogP contribution in [0, 0.1) is 0 Å². The van der Waals surface area contributed by atoms with Gasteiger partial charge in [-0.25, -0.2) is 14.7 Å². The van der Waals surface area contributed by atoms with Crippen LogP contribution in [0.25, 0.3) is 5.82 Å². The first kappa shape index (κ1) is 19.9. The maximum absolute atomic E-state index is 6.15. The molecule has 7 heteroatoms. The molecule has 7 nitrogen and oxygen atoms in total. The normalized spacial score (nSPS) is 17.7. The van der Waals surface area contributed by atoms with Crippen molar-refractivity contribution in [3.8, 4) is 11.6 Å². The van der Waals surface area contributed by atoms with Crippen LogP contribution in [0.15, 0.2) is 66.0 Å². The number of pyridine rings is 1. The third-order valence-corrected chi connectivity index (χ3v) is 5.00. The number of para-hydroxylation sites is 1. The lowest BCUT2D eigenvalue weighted by atomic mass is 9.90. The number of hydrogen-bond donors (Lipinski definition) is 2. The number of nitrogens with one attached hydrogen (secondary N) is 2. The third kappa shape index (κ3) is 4.62. The molecule has 4 rings (SSSR count). The van der Waals surface area contributed by atoms with E-state index in [9.17, 15) is 0 Å². The maximum atomic E-state index is 6.15. The van der Waals surface area contributed by atoms with Crippen molar-refractivity contribution in [3.05, 3.63) is 72.2 Å². The molecule has 156 valence electrons. The zero-order valence-electron chi connectivity index (χ0n) is 17.7. The summed E-state index contributed by atoms with van der Waals surface area (Å²) in [5, 5.41) is 11.2. The Morgan fingerprint density at radius 2 is 2.10 bits per heavy atom. The number of aliphatic imine (C=N–C) groups is 1. The molecule has 0 amide bonds. The van der Waals surface area contributed by atoms with E-state index in [4.69, 9.17) is 9.73 Å². The van der Waals surface area contributed by atoms with Gasteiger partial charge in [0.1, 0.15) is 11.4 Å². The van der Waals surface area contributed by atoms with Gasteiger partial charge in [0.2, 0.25) is 0 Å². The van der Waals surface area contributed by atoms with Gasteiger partial charge in [0, 0.05) is 37.1 Å². The van der Waals surface area contributed by atoms with Crippen molar-refractivity contribution in [2.24, 2.45) is 4.99 Å². The topological polar surface area (TPSA) is 76.4 Å². The molecule has 1 unspecified atom stereocenters. The van der Waals surface area contributed by atoms with E-state index in [0.717, 1.165) is 41.6 Å².